The van der Waals surface area contributed by atoms with E-state index in [2.05, 4.69) is 10.6 Å². The zero-order chi connectivity index (χ0) is 14.6. The second kappa shape index (κ2) is 6.31. The van der Waals surface area contributed by atoms with Crippen LogP contribution in [0.25, 0.3) is 0 Å². The van der Waals surface area contributed by atoms with Gasteiger partial charge in [-0.1, -0.05) is 13.3 Å². The summed E-state index contributed by atoms with van der Waals surface area (Å²) in [5.74, 6) is -1.07. The average Bonchev–Trinajstić information content (AvgIpc) is 2.90. The number of benzene rings is 1. The van der Waals surface area contributed by atoms with Gasteiger partial charge in [-0.15, -0.1) is 0 Å². The van der Waals surface area contributed by atoms with Crippen molar-refractivity contribution < 1.29 is 13.6 Å². The minimum absolute atomic E-state index is 0.0217. The molecule has 1 heterocycles. The van der Waals surface area contributed by atoms with Crippen molar-refractivity contribution in [1.29, 1.82) is 0 Å². The van der Waals surface area contributed by atoms with Crippen LogP contribution in [0.1, 0.15) is 31.7 Å². The number of carbonyl (C=O) groups is 1. The molecule has 2 rings (SSSR count). The first-order valence-corrected chi connectivity index (χ1v) is 7.00. The minimum Gasteiger partial charge on any atom is -0.351 e. The van der Waals surface area contributed by atoms with E-state index in [1.165, 1.54) is 0 Å². The zero-order valence-electron chi connectivity index (χ0n) is 11.6. The molecule has 5 heteroatoms. The van der Waals surface area contributed by atoms with Gasteiger partial charge in [0.05, 0.1) is 5.41 Å². The maximum Gasteiger partial charge on any atom is 0.227 e. The van der Waals surface area contributed by atoms with E-state index in [0.717, 1.165) is 44.0 Å². The lowest BCUT2D eigenvalue weighted by molar-refractivity contribution is -0.130. The van der Waals surface area contributed by atoms with Gasteiger partial charge in [-0.05, 0) is 37.6 Å². The van der Waals surface area contributed by atoms with E-state index in [0.29, 0.717) is 6.54 Å². The molecule has 1 aromatic rings. The van der Waals surface area contributed by atoms with Crippen molar-refractivity contribution in [1.82, 2.24) is 10.6 Å². The fourth-order valence-corrected chi connectivity index (χ4v) is 2.78. The highest BCUT2D eigenvalue weighted by Gasteiger charge is 2.39. The SMILES string of the molecule is CCCC1(C(=O)NCc2cc(F)ccc2F)CCNC1. The van der Waals surface area contributed by atoms with E-state index in [1.54, 1.807) is 0 Å². The molecule has 20 heavy (non-hydrogen) atoms. The lowest BCUT2D eigenvalue weighted by atomic mass is 9.81. The first-order valence-electron chi connectivity index (χ1n) is 7.00. The average molecular weight is 282 g/mol. The van der Waals surface area contributed by atoms with Gasteiger partial charge in [-0.3, -0.25) is 4.79 Å². The molecule has 3 nitrogen and oxygen atoms in total. The number of amides is 1. The molecule has 0 bridgehead atoms. The Morgan fingerprint density at radius 1 is 1.45 bits per heavy atom. The molecular formula is C15H20F2N2O. The lowest BCUT2D eigenvalue weighted by Crippen LogP contribution is -2.42. The maximum atomic E-state index is 13.5. The van der Waals surface area contributed by atoms with Gasteiger partial charge in [0, 0.05) is 18.7 Å². The Hall–Kier alpha value is -1.49. The minimum atomic E-state index is -0.499. The van der Waals surface area contributed by atoms with Gasteiger partial charge in [0.25, 0.3) is 0 Å². The van der Waals surface area contributed by atoms with E-state index < -0.39 is 17.0 Å². The Morgan fingerprint density at radius 3 is 2.90 bits per heavy atom. The molecule has 1 fully saturated rings. The third-order valence-electron chi connectivity index (χ3n) is 3.90. The molecule has 0 radical (unpaired) electrons. The van der Waals surface area contributed by atoms with Gasteiger partial charge in [-0.25, -0.2) is 8.78 Å². The van der Waals surface area contributed by atoms with Crippen LogP contribution in [-0.2, 0) is 11.3 Å². The summed E-state index contributed by atoms with van der Waals surface area (Å²) in [6.07, 6.45) is 2.51. The zero-order valence-corrected chi connectivity index (χ0v) is 11.6. The Bertz CT molecular complexity index is 485. The van der Waals surface area contributed by atoms with Crippen molar-refractivity contribution in [2.75, 3.05) is 13.1 Å². The van der Waals surface area contributed by atoms with Gasteiger partial charge in [-0.2, -0.15) is 0 Å². The maximum absolute atomic E-state index is 13.5. The fraction of sp³-hybridized carbons (Fsp3) is 0.533. The van der Waals surface area contributed by atoms with Crippen LogP contribution in [0.3, 0.4) is 0 Å². The highest BCUT2D eigenvalue weighted by atomic mass is 19.1. The van der Waals surface area contributed by atoms with Crippen molar-refractivity contribution in [2.24, 2.45) is 5.41 Å². The van der Waals surface area contributed by atoms with Crippen LogP contribution in [0.15, 0.2) is 18.2 Å². The Labute approximate surface area is 117 Å². The summed E-state index contributed by atoms with van der Waals surface area (Å²) in [7, 11) is 0. The van der Waals surface area contributed by atoms with Crippen LogP contribution >= 0.6 is 0 Å². The largest absolute Gasteiger partial charge is 0.351 e. The quantitative estimate of drug-likeness (QED) is 0.870. The fourth-order valence-electron chi connectivity index (χ4n) is 2.78. The summed E-state index contributed by atoms with van der Waals surface area (Å²) >= 11 is 0. The van der Waals surface area contributed by atoms with Gasteiger partial charge in [0.15, 0.2) is 0 Å². The Kier molecular flexibility index (Phi) is 4.70. The summed E-state index contributed by atoms with van der Waals surface area (Å²) in [5.41, 5.74) is -0.227. The molecule has 1 atom stereocenters. The molecule has 1 saturated heterocycles. The van der Waals surface area contributed by atoms with Crippen molar-refractivity contribution in [3.05, 3.63) is 35.4 Å². The van der Waals surface area contributed by atoms with Crippen LogP contribution in [0.5, 0.6) is 0 Å². The number of rotatable bonds is 5. The van der Waals surface area contributed by atoms with E-state index in [9.17, 15) is 13.6 Å². The molecule has 1 unspecified atom stereocenters. The second-order valence-electron chi connectivity index (χ2n) is 5.38. The van der Waals surface area contributed by atoms with Gasteiger partial charge in [0.2, 0.25) is 5.91 Å². The summed E-state index contributed by atoms with van der Waals surface area (Å²) < 4.78 is 26.6. The predicted molar refractivity (Wildman–Crippen MR) is 73.0 cm³/mol. The number of halogens is 2. The predicted octanol–water partition coefficient (Wildman–Crippen LogP) is 2.36. The van der Waals surface area contributed by atoms with E-state index in [4.69, 9.17) is 0 Å². The summed E-state index contributed by atoms with van der Waals surface area (Å²) in [6.45, 7) is 3.54. The van der Waals surface area contributed by atoms with Gasteiger partial charge < -0.3 is 10.6 Å². The van der Waals surface area contributed by atoms with E-state index >= 15 is 0 Å². The molecule has 1 aliphatic heterocycles. The van der Waals surface area contributed by atoms with Crippen molar-refractivity contribution in [2.45, 2.75) is 32.7 Å². The Balaban J connectivity index is 2.02. The molecule has 0 saturated carbocycles. The molecule has 1 aliphatic rings. The van der Waals surface area contributed by atoms with E-state index in [-0.39, 0.29) is 18.0 Å². The van der Waals surface area contributed by atoms with Crippen molar-refractivity contribution in [3.8, 4) is 0 Å². The van der Waals surface area contributed by atoms with Crippen molar-refractivity contribution >= 4 is 5.91 Å². The van der Waals surface area contributed by atoms with Crippen LogP contribution in [0.4, 0.5) is 8.78 Å². The molecule has 110 valence electrons. The number of hydrogen-bond acceptors (Lipinski definition) is 2. The smallest absolute Gasteiger partial charge is 0.227 e. The third-order valence-corrected chi connectivity index (χ3v) is 3.90. The Morgan fingerprint density at radius 2 is 2.25 bits per heavy atom. The highest BCUT2D eigenvalue weighted by Crippen LogP contribution is 2.31. The molecule has 0 spiro atoms. The third kappa shape index (κ3) is 3.15. The van der Waals surface area contributed by atoms with Crippen LogP contribution < -0.4 is 10.6 Å². The van der Waals surface area contributed by atoms with Gasteiger partial charge in [0.1, 0.15) is 11.6 Å². The normalized spacial score (nSPS) is 21.9. The molecule has 1 amide bonds. The number of hydrogen-bond donors (Lipinski definition) is 2. The molecule has 0 aromatic heterocycles. The van der Waals surface area contributed by atoms with Crippen LogP contribution in [0, 0.1) is 17.0 Å². The molecular weight excluding hydrogens is 262 g/mol. The summed E-state index contributed by atoms with van der Waals surface area (Å²) in [4.78, 5) is 12.4. The van der Waals surface area contributed by atoms with Crippen LogP contribution in [0.2, 0.25) is 0 Å². The topological polar surface area (TPSA) is 41.1 Å². The summed E-state index contributed by atoms with van der Waals surface area (Å²) in [6, 6.07) is 3.27. The number of carbonyl (C=O) groups excluding carboxylic acids is 1. The first kappa shape index (κ1) is 14.9. The van der Waals surface area contributed by atoms with Gasteiger partial charge >= 0.3 is 0 Å². The summed E-state index contributed by atoms with van der Waals surface area (Å²) in [5, 5.41) is 5.95. The lowest BCUT2D eigenvalue weighted by Gasteiger charge is -2.26. The molecule has 0 aliphatic carbocycles. The molecule has 1 aromatic carbocycles. The van der Waals surface area contributed by atoms with Crippen molar-refractivity contribution in [3.63, 3.8) is 0 Å². The second-order valence-corrected chi connectivity index (χ2v) is 5.38. The highest BCUT2D eigenvalue weighted by molar-refractivity contribution is 5.83. The standard InChI is InChI=1S/C15H20F2N2O/c1-2-5-15(6-7-18-10-15)14(20)19-9-11-8-12(16)3-4-13(11)17/h3-4,8,18H,2,5-7,9-10H2,1H3,(H,19,20). The van der Waals surface area contributed by atoms with Crippen LogP contribution in [-0.4, -0.2) is 19.0 Å². The molecule has 2 N–H and O–H groups in total. The van der Waals surface area contributed by atoms with E-state index in [1.807, 2.05) is 6.92 Å². The monoisotopic (exact) mass is 282 g/mol. The first-order chi connectivity index (χ1) is 9.57. The number of nitrogens with one attached hydrogen (secondary N) is 2.